The van der Waals surface area contributed by atoms with Gasteiger partial charge in [0.1, 0.15) is 17.0 Å². The molecule has 1 fully saturated rings. The molecule has 1 saturated carbocycles. The van der Waals surface area contributed by atoms with Crippen LogP contribution in [-0.2, 0) is 0 Å². The zero-order valence-corrected chi connectivity index (χ0v) is 11.9. The molecule has 2 aromatic rings. The van der Waals surface area contributed by atoms with Crippen molar-refractivity contribution in [3.05, 3.63) is 29.8 Å². The van der Waals surface area contributed by atoms with Crippen molar-refractivity contribution in [1.29, 1.82) is 0 Å². The number of amides is 1. The lowest BCUT2D eigenvalue weighted by atomic mass is 9.95. The number of rotatable bonds is 3. The predicted molar refractivity (Wildman–Crippen MR) is 77.5 cm³/mol. The average Bonchev–Trinajstić information content (AvgIpc) is 2.99. The Morgan fingerprint density at radius 1 is 1.20 bits per heavy atom. The molecular formula is C14H16N4OS. The van der Waals surface area contributed by atoms with Gasteiger partial charge in [0, 0.05) is 29.4 Å². The minimum absolute atomic E-state index is 0.0729. The average molecular weight is 288 g/mol. The molecule has 0 spiro atoms. The van der Waals surface area contributed by atoms with Crippen LogP contribution in [0.3, 0.4) is 0 Å². The van der Waals surface area contributed by atoms with Crippen molar-refractivity contribution in [3.63, 3.8) is 0 Å². The molecule has 2 heterocycles. The van der Waals surface area contributed by atoms with Gasteiger partial charge in [-0.15, -0.1) is 11.3 Å². The molecule has 1 N–H and O–H groups in total. The second-order valence-corrected chi connectivity index (χ2v) is 5.83. The summed E-state index contributed by atoms with van der Waals surface area (Å²) in [4.78, 5) is 24.5. The van der Waals surface area contributed by atoms with E-state index < -0.39 is 0 Å². The van der Waals surface area contributed by atoms with Crippen LogP contribution in [0.15, 0.2) is 24.1 Å². The normalized spacial score (nSPS) is 16.0. The summed E-state index contributed by atoms with van der Waals surface area (Å²) in [5.74, 6) is -0.0729. The third kappa shape index (κ3) is 3.01. The molecule has 1 aliphatic carbocycles. The van der Waals surface area contributed by atoms with Gasteiger partial charge < -0.3 is 5.32 Å². The van der Waals surface area contributed by atoms with E-state index in [4.69, 9.17) is 0 Å². The van der Waals surface area contributed by atoms with Crippen LogP contribution in [-0.4, -0.2) is 26.9 Å². The number of carbonyl (C=O) groups excluding carboxylic acids is 1. The highest BCUT2D eigenvalue weighted by molar-refractivity contribution is 7.13. The minimum atomic E-state index is -0.0729. The first-order valence-electron chi connectivity index (χ1n) is 6.85. The summed E-state index contributed by atoms with van der Waals surface area (Å²) < 4.78 is 0. The summed E-state index contributed by atoms with van der Waals surface area (Å²) in [5.41, 5.74) is 1.33. The Balaban J connectivity index is 1.68. The Morgan fingerprint density at radius 2 is 1.95 bits per heavy atom. The van der Waals surface area contributed by atoms with Crippen molar-refractivity contribution in [1.82, 2.24) is 20.3 Å². The number of thiazole rings is 1. The first-order valence-corrected chi connectivity index (χ1v) is 7.72. The molecule has 104 valence electrons. The van der Waals surface area contributed by atoms with Crippen molar-refractivity contribution in [3.8, 4) is 10.6 Å². The minimum Gasteiger partial charge on any atom is -0.348 e. The molecule has 20 heavy (non-hydrogen) atoms. The van der Waals surface area contributed by atoms with E-state index >= 15 is 0 Å². The van der Waals surface area contributed by atoms with Gasteiger partial charge in [0.15, 0.2) is 0 Å². The van der Waals surface area contributed by atoms with Crippen LogP contribution in [0.4, 0.5) is 0 Å². The van der Waals surface area contributed by atoms with E-state index in [1.807, 2.05) is 0 Å². The van der Waals surface area contributed by atoms with Gasteiger partial charge in [0.25, 0.3) is 5.91 Å². The molecule has 0 unspecified atom stereocenters. The van der Waals surface area contributed by atoms with Gasteiger partial charge in [-0.2, -0.15) is 0 Å². The number of nitrogens with one attached hydrogen (secondary N) is 1. The Bertz CT molecular complexity index is 578. The molecular weight excluding hydrogens is 272 g/mol. The summed E-state index contributed by atoms with van der Waals surface area (Å²) in [6.45, 7) is 0. The SMILES string of the molecule is O=C(NC1CCCCC1)c1csc(-c2cncnc2)n1. The van der Waals surface area contributed by atoms with Gasteiger partial charge in [-0.1, -0.05) is 19.3 Å². The van der Waals surface area contributed by atoms with E-state index in [0.717, 1.165) is 23.4 Å². The molecule has 0 bridgehead atoms. The van der Waals surface area contributed by atoms with Gasteiger partial charge in [0.2, 0.25) is 0 Å². The molecule has 2 aromatic heterocycles. The zero-order valence-electron chi connectivity index (χ0n) is 11.1. The van der Waals surface area contributed by atoms with Gasteiger partial charge in [-0.3, -0.25) is 4.79 Å². The fourth-order valence-corrected chi connectivity index (χ4v) is 3.20. The summed E-state index contributed by atoms with van der Waals surface area (Å²) in [7, 11) is 0. The first-order chi connectivity index (χ1) is 9.83. The van der Waals surface area contributed by atoms with E-state index in [9.17, 15) is 4.79 Å². The van der Waals surface area contributed by atoms with Crippen LogP contribution in [0.25, 0.3) is 10.6 Å². The van der Waals surface area contributed by atoms with Crippen LogP contribution in [0.1, 0.15) is 42.6 Å². The first kappa shape index (κ1) is 13.2. The Kier molecular flexibility index (Phi) is 4.01. The Labute approximate surface area is 121 Å². The van der Waals surface area contributed by atoms with Crippen LogP contribution >= 0.6 is 11.3 Å². The van der Waals surface area contributed by atoms with E-state index in [1.165, 1.54) is 36.9 Å². The molecule has 5 nitrogen and oxygen atoms in total. The molecule has 1 amide bonds. The third-order valence-corrected chi connectivity index (χ3v) is 4.38. The van der Waals surface area contributed by atoms with E-state index in [-0.39, 0.29) is 5.91 Å². The Hall–Kier alpha value is -1.82. The topological polar surface area (TPSA) is 67.8 Å². The summed E-state index contributed by atoms with van der Waals surface area (Å²) in [5, 5.41) is 5.64. The Morgan fingerprint density at radius 3 is 2.70 bits per heavy atom. The van der Waals surface area contributed by atoms with Crippen molar-refractivity contribution in [2.75, 3.05) is 0 Å². The van der Waals surface area contributed by atoms with Crippen LogP contribution < -0.4 is 5.32 Å². The molecule has 0 saturated heterocycles. The highest BCUT2D eigenvalue weighted by atomic mass is 32.1. The van der Waals surface area contributed by atoms with Crippen LogP contribution in [0.2, 0.25) is 0 Å². The van der Waals surface area contributed by atoms with Crippen LogP contribution in [0, 0.1) is 0 Å². The molecule has 0 radical (unpaired) electrons. The maximum absolute atomic E-state index is 12.2. The third-order valence-electron chi connectivity index (χ3n) is 3.48. The van der Waals surface area contributed by atoms with Crippen molar-refractivity contribution in [2.45, 2.75) is 38.1 Å². The zero-order chi connectivity index (χ0) is 13.8. The monoisotopic (exact) mass is 288 g/mol. The molecule has 1 aliphatic rings. The lowest BCUT2D eigenvalue weighted by Gasteiger charge is -2.22. The lowest BCUT2D eigenvalue weighted by molar-refractivity contribution is 0.0923. The lowest BCUT2D eigenvalue weighted by Crippen LogP contribution is -2.36. The molecule has 3 rings (SSSR count). The standard InChI is InChI=1S/C14H16N4OS/c19-13(17-11-4-2-1-3-5-11)12-8-20-14(18-12)10-6-15-9-16-7-10/h6-9,11H,1-5H2,(H,17,19). The molecule has 0 aliphatic heterocycles. The van der Waals surface area contributed by atoms with Gasteiger partial charge in [-0.25, -0.2) is 15.0 Å². The molecule has 0 atom stereocenters. The number of aromatic nitrogens is 3. The summed E-state index contributed by atoms with van der Waals surface area (Å²) in [6, 6.07) is 0.307. The van der Waals surface area contributed by atoms with Crippen molar-refractivity contribution >= 4 is 17.2 Å². The number of hydrogen-bond acceptors (Lipinski definition) is 5. The summed E-state index contributed by atoms with van der Waals surface area (Å²) >= 11 is 1.44. The van der Waals surface area contributed by atoms with Crippen molar-refractivity contribution in [2.24, 2.45) is 0 Å². The highest BCUT2D eigenvalue weighted by Gasteiger charge is 2.18. The van der Waals surface area contributed by atoms with Crippen LogP contribution in [0.5, 0.6) is 0 Å². The van der Waals surface area contributed by atoms with E-state index in [2.05, 4.69) is 20.3 Å². The maximum Gasteiger partial charge on any atom is 0.270 e. The predicted octanol–water partition coefficient (Wildman–Crippen LogP) is 2.66. The number of nitrogens with zero attached hydrogens (tertiary/aromatic N) is 3. The second kappa shape index (κ2) is 6.09. The number of hydrogen-bond donors (Lipinski definition) is 1. The fraction of sp³-hybridized carbons (Fsp3) is 0.429. The fourth-order valence-electron chi connectivity index (χ4n) is 2.43. The highest BCUT2D eigenvalue weighted by Crippen LogP contribution is 2.23. The van der Waals surface area contributed by atoms with Crippen molar-refractivity contribution < 1.29 is 4.79 Å². The maximum atomic E-state index is 12.2. The molecule has 0 aromatic carbocycles. The smallest absolute Gasteiger partial charge is 0.270 e. The van der Waals surface area contributed by atoms with Gasteiger partial charge in [0.05, 0.1) is 0 Å². The molecule has 6 heteroatoms. The quantitative estimate of drug-likeness (QED) is 0.942. The van der Waals surface area contributed by atoms with Gasteiger partial charge in [-0.05, 0) is 12.8 Å². The summed E-state index contributed by atoms with van der Waals surface area (Å²) in [6.07, 6.45) is 10.7. The van der Waals surface area contributed by atoms with Gasteiger partial charge >= 0.3 is 0 Å². The largest absolute Gasteiger partial charge is 0.348 e. The number of carbonyl (C=O) groups is 1. The van der Waals surface area contributed by atoms with E-state index in [1.54, 1.807) is 17.8 Å². The van der Waals surface area contributed by atoms with E-state index in [0.29, 0.717) is 11.7 Å². The second-order valence-electron chi connectivity index (χ2n) is 4.97.